The summed E-state index contributed by atoms with van der Waals surface area (Å²) < 4.78 is 10.8. The van der Waals surface area contributed by atoms with Crippen molar-refractivity contribution in [1.82, 2.24) is 19.6 Å². The highest BCUT2D eigenvalue weighted by Crippen LogP contribution is 2.12. The van der Waals surface area contributed by atoms with Crippen molar-refractivity contribution in [3.63, 3.8) is 0 Å². The van der Waals surface area contributed by atoms with Crippen molar-refractivity contribution < 1.29 is 28.7 Å². The molecule has 0 aliphatic carbocycles. The second-order valence-electron chi connectivity index (χ2n) is 7.83. The number of unbranched alkanes of at least 4 members (excludes halogenated alkanes) is 1. The van der Waals surface area contributed by atoms with Gasteiger partial charge in [-0.1, -0.05) is 0 Å². The molecule has 0 aromatic carbocycles. The van der Waals surface area contributed by atoms with Crippen molar-refractivity contribution >= 4 is 23.6 Å². The number of likely N-dealkylation sites (N-methyl/N-ethyl adjacent to an activating group) is 2. The number of morpholine rings is 2. The first-order valence-corrected chi connectivity index (χ1v) is 10.4. The number of hydrogen-bond acceptors (Lipinski definition) is 6. The lowest BCUT2D eigenvalue weighted by atomic mass is 10.1. The van der Waals surface area contributed by atoms with Crippen LogP contribution in [0.25, 0.3) is 0 Å². The molecule has 10 nitrogen and oxygen atoms in total. The lowest BCUT2D eigenvalue weighted by Crippen LogP contribution is -2.56. The molecular formula is C20H34N4O6. The topological polar surface area (TPSA) is 99.7 Å². The van der Waals surface area contributed by atoms with Crippen molar-refractivity contribution in [3.8, 4) is 0 Å². The first-order valence-electron chi connectivity index (χ1n) is 10.4. The molecule has 0 aromatic heterocycles. The SMILES string of the molecule is CC(=O)N1CCOCC1C(=O)N(C)CCCCN(C)C(=O)C1COCCN1C(C)=O. The zero-order chi connectivity index (χ0) is 22.3. The zero-order valence-corrected chi connectivity index (χ0v) is 18.5. The summed E-state index contributed by atoms with van der Waals surface area (Å²) in [7, 11) is 3.43. The highest BCUT2D eigenvalue weighted by Gasteiger charge is 2.34. The summed E-state index contributed by atoms with van der Waals surface area (Å²) in [5, 5.41) is 0. The maximum absolute atomic E-state index is 12.7. The smallest absolute Gasteiger partial charge is 0.247 e. The third-order valence-corrected chi connectivity index (χ3v) is 5.63. The summed E-state index contributed by atoms with van der Waals surface area (Å²) in [5.41, 5.74) is 0. The number of carbonyl (C=O) groups excluding carboxylic acids is 4. The summed E-state index contributed by atoms with van der Waals surface area (Å²) in [6.07, 6.45) is 1.43. The molecule has 0 radical (unpaired) electrons. The van der Waals surface area contributed by atoms with E-state index in [1.807, 2.05) is 0 Å². The van der Waals surface area contributed by atoms with Gasteiger partial charge in [0.1, 0.15) is 12.1 Å². The van der Waals surface area contributed by atoms with Crippen LogP contribution in [0.3, 0.4) is 0 Å². The highest BCUT2D eigenvalue weighted by molar-refractivity contribution is 5.87. The fourth-order valence-electron chi connectivity index (χ4n) is 3.80. The molecule has 2 atom stereocenters. The number of carbonyl (C=O) groups is 4. The predicted octanol–water partition coefficient (Wildman–Crippen LogP) is -0.822. The molecule has 2 rings (SSSR count). The average Bonchev–Trinajstić information content (AvgIpc) is 2.75. The van der Waals surface area contributed by atoms with Crippen LogP contribution in [-0.4, -0.2) is 122 Å². The van der Waals surface area contributed by atoms with Crippen LogP contribution in [0.4, 0.5) is 0 Å². The van der Waals surface area contributed by atoms with Crippen LogP contribution >= 0.6 is 0 Å². The van der Waals surface area contributed by atoms with Gasteiger partial charge >= 0.3 is 0 Å². The fraction of sp³-hybridized carbons (Fsp3) is 0.800. The van der Waals surface area contributed by atoms with E-state index in [0.29, 0.717) is 52.2 Å². The van der Waals surface area contributed by atoms with E-state index < -0.39 is 12.1 Å². The van der Waals surface area contributed by atoms with E-state index in [9.17, 15) is 19.2 Å². The summed E-state index contributed by atoms with van der Waals surface area (Å²) in [4.78, 5) is 55.2. The Morgan fingerprint density at radius 2 is 1.13 bits per heavy atom. The number of ether oxygens (including phenoxy) is 2. The van der Waals surface area contributed by atoms with Crippen molar-refractivity contribution in [3.05, 3.63) is 0 Å². The zero-order valence-electron chi connectivity index (χ0n) is 18.5. The van der Waals surface area contributed by atoms with Gasteiger partial charge < -0.3 is 29.1 Å². The molecule has 10 heteroatoms. The molecule has 0 bridgehead atoms. The quantitative estimate of drug-likeness (QED) is 0.493. The number of nitrogens with zero attached hydrogens (tertiary/aromatic N) is 4. The van der Waals surface area contributed by atoms with E-state index in [-0.39, 0.29) is 36.8 Å². The highest BCUT2D eigenvalue weighted by atomic mass is 16.5. The monoisotopic (exact) mass is 426 g/mol. The third-order valence-electron chi connectivity index (χ3n) is 5.63. The van der Waals surface area contributed by atoms with Crippen LogP contribution in [0.1, 0.15) is 26.7 Å². The van der Waals surface area contributed by atoms with Crippen molar-refractivity contribution in [2.75, 3.05) is 66.7 Å². The van der Waals surface area contributed by atoms with Gasteiger partial charge in [-0.3, -0.25) is 19.2 Å². The van der Waals surface area contributed by atoms with Crippen molar-refractivity contribution in [2.45, 2.75) is 38.8 Å². The Balaban J connectivity index is 1.76. The van der Waals surface area contributed by atoms with E-state index in [1.165, 1.54) is 13.8 Å². The van der Waals surface area contributed by atoms with Gasteiger partial charge in [-0.2, -0.15) is 0 Å². The molecule has 0 aromatic rings. The minimum Gasteiger partial charge on any atom is -0.377 e. The summed E-state index contributed by atoms with van der Waals surface area (Å²) in [5.74, 6) is -0.524. The van der Waals surface area contributed by atoms with Gasteiger partial charge in [0.15, 0.2) is 0 Å². The Kier molecular flexibility index (Phi) is 9.04. The van der Waals surface area contributed by atoms with Gasteiger partial charge in [-0.25, -0.2) is 0 Å². The molecule has 2 aliphatic rings. The maximum Gasteiger partial charge on any atom is 0.247 e. The van der Waals surface area contributed by atoms with E-state index in [0.717, 1.165) is 0 Å². The van der Waals surface area contributed by atoms with Crippen molar-refractivity contribution in [1.29, 1.82) is 0 Å². The van der Waals surface area contributed by atoms with Crippen LogP contribution in [0.5, 0.6) is 0 Å². The largest absolute Gasteiger partial charge is 0.377 e. The molecule has 2 heterocycles. The summed E-state index contributed by atoms with van der Waals surface area (Å²) in [6.45, 7) is 6.15. The Labute approximate surface area is 178 Å². The van der Waals surface area contributed by atoms with Crippen LogP contribution in [-0.2, 0) is 28.7 Å². The first kappa shape index (κ1) is 24.1. The van der Waals surface area contributed by atoms with E-state index in [4.69, 9.17) is 9.47 Å². The average molecular weight is 427 g/mol. The Morgan fingerprint density at radius 1 is 0.767 bits per heavy atom. The molecule has 4 amide bonds. The molecule has 2 unspecified atom stereocenters. The Hall–Kier alpha value is -2.20. The van der Waals surface area contributed by atoms with Gasteiger partial charge in [0.2, 0.25) is 23.6 Å². The van der Waals surface area contributed by atoms with Gasteiger partial charge in [0, 0.05) is 54.1 Å². The number of hydrogen-bond donors (Lipinski definition) is 0. The standard InChI is InChI=1S/C20H34N4O6/c1-15(25)23-9-11-29-13-17(23)19(27)21(3)7-5-6-8-22(4)20(28)18-14-30-12-10-24(18)16(2)26/h17-18H,5-14H2,1-4H3. The van der Waals surface area contributed by atoms with Crippen LogP contribution in [0.2, 0.25) is 0 Å². The van der Waals surface area contributed by atoms with Crippen LogP contribution in [0, 0.1) is 0 Å². The molecule has 0 spiro atoms. The van der Waals surface area contributed by atoms with Crippen molar-refractivity contribution in [2.24, 2.45) is 0 Å². The predicted molar refractivity (Wildman–Crippen MR) is 108 cm³/mol. The second-order valence-corrected chi connectivity index (χ2v) is 7.83. The third kappa shape index (κ3) is 6.15. The second kappa shape index (κ2) is 11.3. The van der Waals surface area contributed by atoms with E-state index in [1.54, 1.807) is 33.7 Å². The number of amides is 4. The Morgan fingerprint density at radius 3 is 1.47 bits per heavy atom. The molecule has 2 saturated heterocycles. The molecule has 2 fully saturated rings. The van der Waals surface area contributed by atoms with Crippen LogP contribution < -0.4 is 0 Å². The summed E-state index contributed by atoms with van der Waals surface area (Å²) >= 11 is 0. The molecular weight excluding hydrogens is 392 g/mol. The lowest BCUT2D eigenvalue weighted by Gasteiger charge is -2.36. The van der Waals surface area contributed by atoms with Crippen LogP contribution in [0.15, 0.2) is 0 Å². The maximum atomic E-state index is 12.7. The first-order chi connectivity index (χ1) is 14.2. The minimum absolute atomic E-state index is 0.128. The van der Waals surface area contributed by atoms with Gasteiger partial charge in [-0.15, -0.1) is 0 Å². The van der Waals surface area contributed by atoms with Gasteiger partial charge in [0.05, 0.1) is 26.4 Å². The molecule has 2 aliphatic heterocycles. The minimum atomic E-state index is -0.575. The van der Waals surface area contributed by atoms with Gasteiger partial charge in [-0.05, 0) is 12.8 Å². The Bertz CT molecular complexity index is 589. The van der Waals surface area contributed by atoms with Gasteiger partial charge in [0.25, 0.3) is 0 Å². The van der Waals surface area contributed by atoms with E-state index >= 15 is 0 Å². The normalized spacial score (nSPS) is 21.9. The molecule has 0 N–H and O–H groups in total. The fourth-order valence-corrected chi connectivity index (χ4v) is 3.80. The molecule has 30 heavy (non-hydrogen) atoms. The molecule has 170 valence electrons. The molecule has 0 saturated carbocycles. The lowest BCUT2D eigenvalue weighted by molar-refractivity contribution is -0.152. The summed E-state index contributed by atoms with van der Waals surface area (Å²) in [6, 6.07) is -1.15. The van der Waals surface area contributed by atoms with E-state index in [2.05, 4.69) is 0 Å². The number of rotatable bonds is 7.